The van der Waals surface area contributed by atoms with Crippen LogP contribution in [-0.4, -0.2) is 22.5 Å². The number of ether oxygens (including phenoxy) is 2. The molecule has 0 N–H and O–H groups in total. The summed E-state index contributed by atoms with van der Waals surface area (Å²) < 4.78 is 10.9. The van der Waals surface area contributed by atoms with Gasteiger partial charge in [0.05, 0.1) is 12.8 Å². The second-order valence-electron chi connectivity index (χ2n) is 2.60. The summed E-state index contributed by atoms with van der Waals surface area (Å²) >= 11 is 11.4. The first-order valence-electron chi connectivity index (χ1n) is 4.21. The average molecular weight is 253 g/mol. The van der Waals surface area contributed by atoms with E-state index in [1.165, 1.54) is 10.9 Å². The summed E-state index contributed by atoms with van der Waals surface area (Å²) in [6.07, 6.45) is 0.546. The Morgan fingerprint density at radius 2 is 2.33 bits per heavy atom. The number of alkyl halides is 2. The molecule has 0 aliphatic rings. The number of nitrogens with zero attached hydrogens (tertiary/aromatic N) is 2. The van der Waals surface area contributed by atoms with E-state index >= 15 is 0 Å². The summed E-state index contributed by atoms with van der Waals surface area (Å²) in [7, 11) is 1.64. The topological polar surface area (TPSA) is 53.4 Å². The van der Waals surface area contributed by atoms with Crippen molar-refractivity contribution < 1.29 is 14.3 Å². The Morgan fingerprint density at radius 3 is 2.87 bits per heavy atom. The molecular weight excluding hydrogens is 243 g/mol. The first-order valence-corrected chi connectivity index (χ1v) is 5.08. The van der Waals surface area contributed by atoms with E-state index in [1.807, 2.05) is 0 Å². The second-order valence-corrected chi connectivity index (χ2v) is 3.70. The van der Waals surface area contributed by atoms with Crippen LogP contribution in [-0.2, 0) is 11.8 Å². The van der Waals surface area contributed by atoms with Gasteiger partial charge in [-0.25, -0.2) is 4.79 Å². The molecule has 1 heterocycles. The Balaban J connectivity index is 2.81. The minimum Gasteiger partial charge on any atom is -0.434 e. The second kappa shape index (κ2) is 5.23. The van der Waals surface area contributed by atoms with Crippen molar-refractivity contribution in [1.29, 1.82) is 0 Å². The third-order valence-corrected chi connectivity index (χ3v) is 2.02. The van der Waals surface area contributed by atoms with Gasteiger partial charge >= 0.3 is 6.16 Å². The Labute approximate surface area is 96.9 Å². The van der Waals surface area contributed by atoms with Crippen LogP contribution in [0.2, 0.25) is 0 Å². The number of rotatable bonds is 3. The zero-order valence-electron chi connectivity index (χ0n) is 8.24. The summed E-state index contributed by atoms with van der Waals surface area (Å²) in [5, 5.41) is 3.87. The predicted molar refractivity (Wildman–Crippen MR) is 55.3 cm³/mol. The molecule has 5 nitrogen and oxygen atoms in total. The Kier molecular flexibility index (Phi) is 4.23. The first kappa shape index (κ1) is 12.1. The molecule has 0 aliphatic carbocycles. The molecule has 1 aromatic rings. The van der Waals surface area contributed by atoms with E-state index in [0.717, 1.165) is 0 Å². The summed E-state index contributed by atoms with van der Waals surface area (Å²) in [4.78, 5) is 10.2. The molecule has 15 heavy (non-hydrogen) atoms. The fourth-order valence-corrected chi connectivity index (χ4v) is 1.49. The smallest absolute Gasteiger partial charge is 0.434 e. The number of hydrogen-bond donors (Lipinski definition) is 0. The van der Waals surface area contributed by atoms with Crippen LogP contribution in [0.25, 0.3) is 0 Å². The third kappa shape index (κ3) is 3.00. The minimum atomic E-state index is -0.818. The zero-order chi connectivity index (χ0) is 11.4. The maximum atomic E-state index is 11.0. The molecule has 0 unspecified atom stereocenters. The molecule has 0 amide bonds. The zero-order valence-corrected chi connectivity index (χ0v) is 9.75. The highest BCUT2D eigenvalue weighted by Crippen LogP contribution is 2.32. The van der Waals surface area contributed by atoms with E-state index in [-0.39, 0.29) is 12.4 Å². The lowest BCUT2D eigenvalue weighted by Crippen LogP contribution is -2.11. The highest BCUT2D eigenvalue weighted by atomic mass is 35.5. The fourth-order valence-electron chi connectivity index (χ4n) is 0.991. The average Bonchev–Trinajstić information content (AvgIpc) is 2.47. The van der Waals surface area contributed by atoms with Crippen LogP contribution in [0, 0.1) is 0 Å². The Bertz CT molecular complexity index is 352. The molecular formula is C8H10Cl2N2O3. The van der Waals surface area contributed by atoms with Gasteiger partial charge in [-0.05, 0) is 6.92 Å². The predicted octanol–water partition coefficient (Wildman–Crippen LogP) is 2.43. The SMILES string of the molecule is CCOC(=O)Oc1cnn(C)c1C(Cl)Cl. The largest absolute Gasteiger partial charge is 0.513 e. The molecule has 1 rings (SSSR count). The van der Waals surface area contributed by atoms with E-state index in [2.05, 4.69) is 9.84 Å². The van der Waals surface area contributed by atoms with Crippen molar-refractivity contribution in [3.63, 3.8) is 0 Å². The van der Waals surface area contributed by atoms with Crippen LogP contribution >= 0.6 is 23.2 Å². The molecule has 0 saturated carbocycles. The molecule has 0 spiro atoms. The van der Waals surface area contributed by atoms with Gasteiger partial charge in [-0.1, -0.05) is 23.2 Å². The monoisotopic (exact) mass is 252 g/mol. The molecule has 0 saturated heterocycles. The van der Waals surface area contributed by atoms with Crippen molar-refractivity contribution in [2.45, 2.75) is 11.8 Å². The van der Waals surface area contributed by atoms with Gasteiger partial charge in [0.2, 0.25) is 0 Å². The van der Waals surface area contributed by atoms with E-state index in [4.69, 9.17) is 27.9 Å². The number of hydrogen-bond acceptors (Lipinski definition) is 4. The van der Waals surface area contributed by atoms with E-state index in [0.29, 0.717) is 5.69 Å². The highest BCUT2D eigenvalue weighted by molar-refractivity contribution is 6.44. The molecule has 7 heteroatoms. The van der Waals surface area contributed by atoms with Crippen molar-refractivity contribution in [2.24, 2.45) is 7.05 Å². The molecule has 0 aromatic carbocycles. The third-order valence-electron chi connectivity index (χ3n) is 1.61. The lowest BCUT2D eigenvalue weighted by Gasteiger charge is -2.06. The van der Waals surface area contributed by atoms with Crippen LogP contribution in [0.3, 0.4) is 0 Å². The number of carbonyl (C=O) groups is 1. The van der Waals surface area contributed by atoms with Gasteiger partial charge in [-0.3, -0.25) is 4.68 Å². The van der Waals surface area contributed by atoms with Crippen LogP contribution < -0.4 is 4.74 Å². The Morgan fingerprint density at radius 1 is 1.67 bits per heavy atom. The quantitative estimate of drug-likeness (QED) is 0.613. The van der Waals surface area contributed by atoms with E-state index in [9.17, 15) is 4.79 Å². The number of aromatic nitrogens is 2. The highest BCUT2D eigenvalue weighted by Gasteiger charge is 2.19. The lowest BCUT2D eigenvalue weighted by molar-refractivity contribution is 0.104. The van der Waals surface area contributed by atoms with Gasteiger partial charge in [0.15, 0.2) is 10.6 Å². The molecule has 0 atom stereocenters. The molecule has 0 radical (unpaired) electrons. The van der Waals surface area contributed by atoms with Crippen LogP contribution in [0.15, 0.2) is 6.20 Å². The molecule has 84 valence electrons. The standard InChI is InChI=1S/C8H10Cl2N2O3/c1-3-14-8(13)15-5-4-11-12(2)6(5)7(9)10/h4,7H,3H2,1-2H3. The molecule has 0 aliphatic heterocycles. The van der Waals surface area contributed by atoms with Gasteiger partial charge in [0.1, 0.15) is 5.69 Å². The number of halogens is 2. The molecule has 0 fully saturated rings. The van der Waals surface area contributed by atoms with Gasteiger partial charge in [0, 0.05) is 7.05 Å². The van der Waals surface area contributed by atoms with Crippen LogP contribution in [0.1, 0.15) is 17.5 Å². The maximum absolute atomic E-state index is 11.0. The van der Waals surface area contributed by atoms with Gasteiger partial charge in [-0.2, -0.15) is 5.10 Å². The van der Waals surface area contributed by atoms with Crippen molar-refractivity contribution >= 4 is 29.4 Å². The van der Waals surface area contributed by atoms with Crippen molar-refractivity contribution in [3.8, 4) is 5.75 Å². The van der Waals surface area contributed by atoms with Gasteiger partial charge in [0.25, 0.3) is 0 Å². The van der Waals surface area contributed by atoms with E-state index < -0.39 is 11.0 Å². The minimum absolute atomic E-state index is 0.200. The maximum Gasteiger partial charge on any atom is 0.513 e. The summed E-state index contributed by atoms with van der Waals surface area (Å²) in [6, 6.07) is 0. The first-order chi connectivity index (χ1) is 7.06. The van der Waals surface area contributed by atoms with Crippen molar-refractivity contribution in [1.82, 2.24) is 9.78 Å². The van der Waals surface area contributed by atoms with Crippen LogP contribution in [0.5, 0.6) is 5.75 Å². The van der Waals surface area contributed by atoms with Gasteiger partial charge in [-0.15, -0.1) is 0 Å². The Hall–Kier alpha value is -0.940. The summed E-state index contributed by atoms with van der Waals surface area (Å²) in [6.45, 7) is 1.91. The van der Waals surface area contributed by atoms with Crippen LogP contribution in [0.4, 0.5) is 4.79 Å². The number of aryl methyl sites for hydroxylation is 1. The lowest BCUT2D eigenvalue weighted by atomic mass is 10.4. The normalized spacial score (nSPS) is 10.5. The summed E-state index contributed by atoms with van der Waals surface area (Å²) in [5.74, 6) is 0.200. The number of carbonyl (C=O) groups excluding carboxylic acids is 1. The molecule has 0 bridgehead atoms. The van der Waals surface area contributed by atoms with Crippen molar-refractivity contribution in [3.05, 3.63) is 11.9 Å². The summed E-state index contributed by atoms with van der Waals surface area (Å²) in [5.41, 5.74) is 0.409. The molecule has 1 aromatic heterocycles. The van der Waals surface area contributed by atoms with Gasteiger partial charge < -0.3 is 9.47 Å². The van der Waals surface area contributed by atoms with E-state index in [1.54, 1.807) is 14.0 Å². The fraction of sp³-hybridized carbons (Fsp3) is 0.500. The van der Waals surface area contributed by atoms with Crippen molar-refractivity contribution in [2.75, 3.05) is 6.61 Å².